The maximum absolute atomic E-state index is 4.61. The van der Waals surface area contributed by atoms with E-state index in [0.717, 1.165) is 34.7 Å². The number of anilines is 1. The molecule has 5 heteroatoms. The third kappa shape index (κ3) is 4.49. The highest BCUT2D eigenvalue weighted by Gasteiger charge is 2.45. The zero-order valence-electron chi connectivity index (χ0n) is 19.4. The molecule has 5 nitrogen and oxygen atoms in total. The second kappa shape index (κ2) is 8.78. The van der Waals surface area contributed by atoms with E-state index in [4.69, 9.17) is 0 Å². The molecule has 1 aliphatic heterocycles. The summed E-state index contributed by atoms with van der Waals surface area (Å²) in [4.78, 5) is 0. The van der Waals surface area contributed by atoms with Gasteiger partial charge in [0.1, 0.15) is 0 Å². The molecule has 2 aromatic heterocycles. The molecular weight excluding hydrogens is 394 g/mol. The van der Waals surface area contributed by atoms with Gasteiger partial charge in [0, 0.05) is 42.8 Å². The van der Waals surface area contributed by atoms with Gasteiger partial charge in [0.2, 0.25) is 0 Å². The molecule has 3 fully saturated rings. The van der Waals surface area contributed by atoms with Gasteiger partial charge in [0.25, 0.3) is 0 Å². The first kappa shape index (κ1) is 21.3. The summed E-state index contributed by atoms with van der Waals surface area (Å²) in [6.07, 6.45) is 14.9. The summed E-state index contributed by atoms with van der Waals surface area (Å²) < 4.78 is 1.90. The van der Waals surface area contributed by atoms with E-state index in [-0.39, 0.29) is 0 Å². The Balaban J connectivity index is 1.15. The number of hydrogen-bond donors (Lipinski definition) is 3. The van der Waals surface area contributed by atoms with Gasteiger partial charge in [-0.1, -0.05) is 32.4 Å². The Labute approximate surface area is 192 Å². The van der Waals surface area contributed by atoms with E-state index >= 15 is 0 Å². The van der Waals surface area contributed by atoms with Gasteiger partial charge < -0.3 is 16.0 Å². The molecule has 1 saturated heterocycles. The number of rotatable bonds is 9. The van der Waals surface area contributed by atoms with Crippen molar-refractivity contribution in [3.05, 3.63) is 60.6 Å². The number of nitrogens with zero attached hydrogens (tertiary/aromatic N) is 2. The second-order valence-corrected chi connectivity index (χ2v) is 10.2. The number of fused-ring (bicyclic) bond motifs is 1. The zero-order chi connectivity index (χ0) is 22.1. The van der Waals surface area contributed by atoms with Crippen molar-refractivity contribution < 1.29 is 0 Å². The molecule has 3 aliphatic rings. The maximum atomic E-state index is 4.61. The lowest BCUT2D eigenvalue weighted by atomic mass is 9.63. The van der Waals surface area contributed by atoms with Crippen molar-refractivity contribution in [3.8, 4) is 0 Å². The van der Waals surface area contributed by atoms with Gasteiger partial charge in [-0.25, -0.2) is 4.52 Å². The number of pyridine rings is 1. The van der Waals surface area contributed by atoms with Crippen LogP contribution in [0.3, 0.4) is 0 Å². The maximum Gasteiger partial charge on any atom is 0.153 e. The van der Waals surface area contributed by atoms with Gasteiger partial charge in [0.15, 0.2) is 5.82 Å². The van der Waals surface area contributed by atoms with Gasteiger partial charge in [-0.2, -0.15) is 5.10 Å². The normalized spacial score (nSPS) is 22.5. The monoisotopic (exact) mass is 431 g/mol. The summed E-state index contributed by atoms with van der Waals surface area (Å²) in [5, 5.41) is 15.3. The first-order valence-electron chi connectivity index (χ1n) is 12.3. The smallest absolute Gasteiger partial charge is 0.153 e. The largest absolute Gasteiger partial charge is 0.388 e. The van der Waals surface area contributed by atoms with Crippen molar-refractivity contribution in [1.82, 2.24) is 20.2 Å². The molecule has 0 amide bonds. The summed E-state index contributed by atoms with van der Waals surface area (Å²) in [5.41, 5.74) is 6.04. The van der Waals surface area contributed by atoms with Gasteiger partial charge in [-0.15, -0.1) is 0 Å². The molecule has 1 atom stereocenters. The third-order valence-electron chi connectivity index (χ3n) is 7.71. The number of nitrogens with one attached hydrogen (secondary N) is 3. The molecule has 0 bridgehead atoms. The Morgan fingerprint density at radius 2 is 2.06 bits per heavy atom. The van der Waals surface area contributed by atoms with Crippen LogP contribution in [0.5, 0.6) is 0 Å². The number of aromatic nitrogens is 2. The van der Waals surface area contributed by atoms with Crippen molar-refractivity contribution in [3.63, 3.8) is 0 Å². The first-order chi connectivity index (χ1) is 15.5. The average Bonchev–Trinajstić information content (AvgIpc) is 3.56. The number of allylic oxidation sites excluding steroid dienone is 4. The minimum Gasteiger partial charge on any atom is -0.388 e. The molecule has 0 aromatic carbocycles. The van der Waals surface area contributed by atoms with E-state index in [1.54, 1.807) is 0 Å². The molecule has 1 unspecified atom stereocenters. The molecule has 2 aliphatic carbocycles. The lowest BCUT2D eigenvalue weighted by molar-refractivity contribution is 0.0327. The molecule has 3 N–H and O–H groups in total. The molecule has 170 valence electrons. The van der Waals surface area contributed by atoms with Gasteiger partial charge in [-0.3, -0.25) is 0 Å². The fraction of sp³-hybridized carbons (Fsp3) is 0.519. The van der Waals surface area contributed by atoms with Crippen molar-refractivity contribution in [2.24, 2.45) is 11.3 Å². The fourth-order valence-corrected chi connectivity index (χ4v) is 5.49. The van der Waals surface area contributed by atoms with E-state index in [1.807, 2.05) is 10.7 Å². The van der Waals surface area contributed by atoms with Crippen LogP contribution in [0.1, 0.15) is 63.9 Å². The van der Waals surface area contributed by atoms with Crippen LogP contribution in [0.15, 0.2) is 55.0 Å². The van der Waals surface area contributed by atoms with Crippen LogP contribution in [0.4, 0.5) is 5.82 Å². The Kier molecular flexibility index (Phi) is 5.85. The molecule has 3 heterocycles. The summed E-state index contributed by atoms with van der Waals surface area (Å²) in [6, 6.07) is 6.99. The predicted molar refractivity (Wildman–Crippen MR) is 133 cm³/mol. The van der Waals surface area contributed by atoms with Crippen LogP contribution in [0.2, 0.25) is 0 Å². The minimum absolute atomic E-state index is 0.598. The van der Waals surface area contributed by atoms with Gasteiger partial charge in [-0.05, 0) is 79.7 Å². The molecule has 2 aromatic rings. The lowest BCUT2D eigenvalue weighted by Gasteiger charge is -2.53. The van der Waals surface area contributed by atoms with Gasteiger partial charge >= 0.3 is 0 Å². The minimum atomic E-state index is 0.598. The summed E-state index contributed by atoms with van der Waals surface area (Å²) in [5.74, 6) is 1.47. The summed E-state index contributed by atoms with van der Waals surface area (Å²) in [6.45, 7) is 12.8. The van der Waals surface area contributed by atoms with Gasteiger partial charge in [0.05, 0.1) is 5.52 Å². The predicted octanol–water partition coefficient (Wildman–Crippen LogP) is 5.49. The van der Waals surface area contributed by atoms with E-state index in [2.05, 4.69) is 65.4 Å². The van der Waals surface area contributed by atoms with Crippen LogP contribution in [0.25, 0.3) is 11.1 Å². The van der Waals surface area contributed by atoms with E-state index < -0.39 is 0 Å². The molecular formula is C27H37N5. The summed E-state index contributed by atoms with van der Waals surface area (Å²) >= 11 is 0. The standard InChI is InChI=1S/C27H37N5/c1-19(15-20(2)28-13-9-25-27(18-29-25)11-5-4-6-12-27)23-10-14-32-24(16-23)17-26(31-32)30-21(3)22-7-8-22/h10,14-17,22,25,28-29H,1,3-9,11-13,18H2,2H3,(H,30,31)/b20-15-. The summed E-state index contributed by atoms with van der Waals surface area (Å²) in [7, 11) is 0. The van der Waals surface area contributed by atoms with Crippen molar-refractivity contribution in [2.45, 2.75) is 64.3 Å². The van der Waals surface area contributed by atoms with Crippen LogP contribution in [-0.4, -0.2) is 28.7 Å². The Morgan fingerprint density at radius 3 is 2.78 bits per heavy atom. The van der Waals surface area contributed by atoms with E-state index in [1.165, 1.54) is 63.6 Å². The molecule has 32 heavy (non-hydrogen) atoms. The van der Waals surface area contributed by atoms with Crippen LogP contribution < -0.4 is 16.0 Å². The molecule has 5 rings (SSSR count). The van der Waals surface area contributed by atoms with Crippen molar-refractivity contribution in [2.75, 3.05) is 18.4 Å². The fourth-order valence-electron chi connectivity index (χ4n) is 5.49. The Hall–Kier alpha value is -2.53. The second-order valence-electron chi connectivity index (χ2n) is 10.2. The van der Waals surface area contributed by atoms with Crippen LogP contribution >= 0.6 is 0 Å². The quantitative estimate of drug-likeness (QED) is 0.460. The molecule has 1 spiro atoms. The highest BCUT2D eigenvalue weighted by atomic mass is 15.3. The SMILES string of the molecule is C=C(/C=C(/C)NCCC1NCC12CCCCC2)c1ccn2nc(NC(=C)C3CC3)cc2c1. The molecule has 0 radical (unpaired) electrons. The highest BCUT2D eigenvalue weighted by molar-refractivity contribution is 5.75. The van der Waals surface area contributed by atoms with Crippen molar-refractivity contribution in [1.29, 1.82) is 0 Å². The number of hydrogen-bond acceptors (Lipinski definition) is 4. The Morgan fingerprint density at radius 1 is 1.25 bits per heavy atom. The highest BCUT2D eigenvalue weighted by Crippen LogP contribution is 2.44. The topological polar surface area (TPSA) is 53.4 Å². The van der Waals surface area contributed by atoms with E-state index in [0.29, 0.717) is 17.4 Å². The molecule has 2 saturated carbocycles. The van der Waals surface area contributed by atoms with Crippen LogP contribution in [0, 0.1) is 11.3 Å². The van der Waals surface area contributed by atoms with E-state index in [9.17, 15) is 0 Å². The first-order valence-corrected chi connectivity index (χ1v) is 12.3. The third-order valence-corrected chi connectivity index (χ3v) is 7.71. The van der Waals surface area contributed by atoms with Crippen molar-refractivity contribution >= 4 is 16.9 Å². The average molecular weight is 432 g/mol. The zero-order valence-corrected chi connectivity index (χ0v) is 19.4. The lowest BCUT2D eigenvalue weighted by Crippen LogP contribution is -2.63. The van der Waals surface area contributed by atoms with Crippen LogP contribution in [-0.2, 0) is 0 Å². The Bertz CT molecular complexity index is 1040.